The van der Waals surface area contributed by atoms with Crippen molar-refractivity contribution in [3.05, 3.63) is 54.1 Å². The number of para-hydroxylation sites is 1. The molecule has 0 spiro atoms. The first-order valence-electron chi connectivity index (χ1n) is 6.79. The molecule has 2 aromatic rings. The zero-order valence-corrected chi connectivity index (χ0v) is 12.3. The summed E-state index contributed by atoms with van der Waals surface area (Å²) in [6.45, 7) is 0.227. The fourth-order valence-corrected chi connectivity index (χ4v) is 2.06. The molecule has 21 heavy (non-hydrogen) atoms. The van der Waals surface area contributed by atoms with Crippen molar-refractivity contribution in [1.82, 2.24) is 0 Å². The Hall–Kier alpha value is -2.20. The van der Waals surface area contributed by atoms with Gasteiger partial charge in [0, 0.05) is 12.0 Å². The van der Waals surface area contributed by atoms with Gasteiger partial charge in [-0.2, -0.15) is 0 Å². The first kappa shape index (κ1) is 15.2. The van der Waals surface area contributed by atoms with Crippen molar-refractivity contribution in [2.24, 2.45) is 0 Å². The highest BCUT2D eigenvalue weighted by atomic mass is 16.5. The van der Waals surface area contributed by atoms with Crippen LogP contribution in [0.5, 0.6) is 17.2 Å². The van der Waals surface area contributed by atoms with E-state index in [-0.39, 0.29) is 6.61 Å². The molecule has 0 fully saturated rings. The van der Waals surface area contributed by atoms with Crippen molar-refractivity contribution < 1.29 is 19.3 Å². The minimum absolute atomic E-state index is 0.227. The average Bonchev–Trinajstić information content (AvgIpc) is 2.54. The first-order valence-corrected chi connectivity index (χ1v) is 6.79. The number of rotatable bonds is 7. The molecule has 0 saturated carbocycles. The van der Waals surface area contributed by atoms with Crippen LogP contribution in [0.2, 0.25) is 0 Å². The highest BCUT2D eigenvalue weighted by molar-refractivity contribution is 5.40. The lowest BCUT2D eigenvalue weighted by Crippen LogP contribution is -2.20. The molecule has 0 aliphatic heterocycles. The minimum atomic E-state index is -0.619. The van der Waals surface area contributed by atoms with Crippen molar-refractivity contribution in [3.8, 4) is 17.2 Å². The van der Waals surface area contributed by atoms with Crippen molar-refractivity contribution in [3.63, 3.8) is 0 Å². The van der Waals surface area contributed by atoms with E-state index in [1.54, 1.807) is 14.2 Å². The third kappa shape index (κ3) is 4.39. The topological polar surface area (TPSA) is 47.9 Å². The van der Waals surface area contributed by atoms with E-state index in [2.05, 4.69) is 0 Å². The Balaban J connectivity index is 1.97. The quantitative estimate of drug-likeness (QED) is 0.851. The van der Waals surface area contributed by atoms with Crippen LogP contribution in [0.15, 0.2) is 48.5 Å². The highest BCUT2D eigenvalue weighted by Crippen LogP contribution is 2.25. The maximum atomic E-state index is 10.1. The molecular formula is C17H20O4. The van der Waals surface area contributed by atoms with Gasteiger partial charge in [-0.3, -0.25) is 0 Å². The van der Waals surface area contributed by atoms with E-state index in [0.717, 1.165) is 22.8 Å². The Labute approximate surface area is 124 Å². The van der Waals surface area contributed by atoms with Crippen molar-refractivity contribution in [2.45, 2.75) is 12.5 Å². The molecule has 0 radical (unpaired) electrons. The molecule has 0 aliphatic carbocycles. The Morgan fingerprint density at radius 3 is 2.38 bits per heavy atom. The third-order valence-electron chi connectivity index (χ3n) is 3.13. The van der Waals surface area contributed by atoms with E-state index in [0.29, 0.717) is 6.42 Å². The summed E-state index contributed by atoms with van der Waals surface area (Å²) in [6.07, 6.45) is -0.182. The van der Waals surface area contributed by atoms with E-state index >= 15 is 0 Å². The fourth-order valence-electron chi connectivity index (χ4n) is 2.06. The molecule has 2 aromatic carbocycles. The van der Waals surface area contributed by atoms with Gasteiger partial charge in [0.2, 0.25) is 0 Å². The number of hydrogen-bond acceptors (Lipinski definition) is 4. The molecule has 1 unspecified atom stereocenters. The van der Waals surface area contributed by atoms with Gasteiger partial charge in [0.25, 0.3) is 0 Å². The third-order valence-corrected chi connectivity index (χ3v) is 3.13. The monoisotopic (exact) mass is 288 g/mol. The Kier molecular flexibility index (Phi) is 5.46. The summed E-state index contributed by atoms with van der Waals surface area (Å²) in [5.41, 5.74) is 0.890. The van der Waals surface area contributed by atoms with Crippen LogP contribution in [-0.2, 0) is 6.42 Å². The normalized spacial score (nSPS) is 11.8. The molecule has 112 valence electrons. The standard InChI is InChI=1S/C17H20O4/c1-19-16-8-9-17(20-2)13(11-16)10-14(18)12-21-15-6-4-3-5-7-15/h3-9,11,14,18H,10,12H2,1-2H3. The van der Waals surface area contributed by atoms with Crippen LogP contribution in [0, 0.1) is 0 Å². The minimum Gasteiger partial charge on any atom is -0.497 e. The Bertz CT molecular complexity index is 554. The van der Waals surface area contributed by atoms with Crippen molar-refractivity contribution >= 4 is 0 Å². The maximum Gasteiger partial charge on any atom is 0.122 e. The first-order chi connectivity index (χ1) is 10.2. The number of aliphatic hydroxyl groups excluding tert-OH is 1. The average molecular weight is 288 g/mol. The SMILES string of the molecule is COc1ccc(OC)c(CC(O)COc2ccccc2)c1. The second-order valence-corrected chi connectivity index (χ2v) is 4.66. The number of aliphatic hydroxyl groups is 1. The lowest BCUT2D eigenvalue weighted by Gasteiger charge is -2.15. The van der Waals surface area contributed by atoms with Gasteiger partial charge < -0.3 is 19.3 Å². The second kappa shape index (κ2) is 7.55. The van der Waals surface area contributed by atoms with E-state index in [4.69, 9.17) is 14.2 Å². The van der Waals surface area contributed by atoms with Gasteiger partial charge in [0.15, 0.2) is 0 Å². The van der Waals surface area contributed by atoms with Crippen LogP contribution in [0.1, 0.15) is 5.56 Å². The van der Waals surface area contributed by atoms with Gasteiger partial charge in [-0.1, -0.05) is 18.2 Å². The fraction of sp³-hybridized carbons (Fsp3) is 0.294. The van der Waals surface area contributed by atoms with Gasteiger partial charge in [-0.25, -0.2) is 0 Å². The molecule has 4 heteroatoms. The summed E-state index contributed by atoms with van der Waals surface area (Å²) in [4.78, 5) is 0. The van der Waals surface area contributed by atoms with Crippen LogP contribution >= 0.6 is 0 Å². The molecule has 0 heterocycles. The largest absolute Gasteiger partial charge is 0.497 e. The maximum absolute atomic E-state index is 10.1. The van der Waals surface area contributed by atoms with E-state index in [1.807, 2.05) is 48.5 Å². The summed E-state index contributed by atoms with van der Waals surface area (Å²) >= 11 is 0. The molecule has 2 rings (SSSR count). The molecular weight excluding hydrogens is 268 g/mol. The number of methoxy groups -OCH3 is 2. The van der Waals surface area contributed by atoms with Gasteiger partial charge in [-0.05, 0) is 30.3 Å². The van der Waals surface area contributed by atoms with Crippen LogP contribution in [0.4, 0.5) is 0 Å². The molecule has 1 atom stereocenters. The summed E-state index contributed by atoms with van der Waals surface area (Å²) in [5.74, 6) is 2.21. The number of benzene rings is 2. The van der Waals surface area contributed by atoms with E-state index in [9.17, 15) is 5.11 Å². The molecule has 0 bridgehead atoms. The zero-order chi connectivity index (χ0) is 15.1. The summed E-state index contributed by atoms with van der Waals surface area (Å²) in [5, 5.41) is 10.1. The van der Waals surface area contributed by atoms with E-state index in [1.165, 1.54) is 0 Å². The highest BCUT2D eigenvalue weighted by Gasteiger charge is 2.12. The van der Waals surface area contributed by atoms with Crippen LogP contribution in [0.3, 0.4) is 0 Å². The summed E-state index contributed by atoms with van der Waals surface area (Å²) in [7, 11) is 3.22. The van der Waals surface area contributed by atoms with Crippen LogP contribution < -0.4 is 14.2 Å². The van der Waals surface area contributed by atoms with Gasteiger partial charge >= 0.3 is 0 Å². The molecule has 0 aliphatic rings. The van der Waals surface area contributed by atoms with Gasteiger partial charge in [-0.15, -0.1) is 0 Å². The van der Waals surface area contributed by atoms with Gasteiger partial charge in [0.05, 0.1) is 20.3 Å². The molecule has 0 amide bonds. The Morgan fingerprint density at radius 2 is 1.71 bits per heavy atom. The van der Waals surface area contributed by atoms with Crippen LogP contribution in [-0.4, -0.2) is 32.0 Å². The molecule has 0 aromatic heterocycles. The molecule has 4 nitrogen and oxygen atoms in total. The van der Waals surface area contributed by atoms with Crippen LogP contribution in [0.25, 0.3) is 0 Å². The lowest BCUT2D eigenvalue weighted by atomic mass is 10.1. The smallest absolute Gasteiger partial charge is 0.122 e. The zero-order valence-electron chi connectivity index (χ0n) is 12.3. The van der Waals surface area contributed by atoms with E-state index < -0.39 is 6.10 Å². The molecule has 1 N–H and O–H groups in total. The predicted molar refractivity (Wildman–Crippen MR) is 81.2 cm³/mol. The Morgan fingerprint density at radius 1 is 0.952 bits per heavy atom. The summed E-state index contributed by atoms with van der Waals surface area (Å²) in [6, 6.07) is 15.0. The predicted octanol–water partition coefficient (Wildman–Crippen LogP) is 2.69. The summed E-state index contributed by atoms with van der Waals surface area (Å²) < 4.78 is 16.0. The number of ether oxygens (including phenoxy) is 3. The van der Waals surface area contributed by atoms with Gasteiger partial charge in [0.1, 0.15) is 23.9 Å². The lowest BCUT2D eigenvalue weighted by molar-refractivity contribution is 0.107. The van der Waals surface area contributed by atoms with Crippen molar-refractivity contribution in [2.75, 3.05) is 20.8 Å². The molecule has 0 saturated heterocycles. The second-order valence-electron chi connectivity index (χ2n) is 4.66. The van der Waals surface area contributed by atoms with Crippen molar-refractivity contribution in [1.29, 1.82) is 0 Å². The number of hydrogen-bond donors (Lipinski definition) is 1.